The van der Waals surface area contributed by atoms with Gasteiger partial charge in [0, 0.05) is 31.6 Å². The topological polar surface area (TPSA) is 66.6 Å². The van der Waals surface area contributed by atoms with Crippen LogP contribution in [0.4, 0.5) is 0 Å². The number of hydrogen-bond donors (Lipinski definition) is 1. The lowest BCUT2D eigenvalue weighted by Crippen LogP contribution is -2.28. The molecule has 0 radical (unpaired) electrons. The highest BCUT2D eigenvalue weighted by Gasteiger charge is 2.15. The van der Waals surface area contributed by atoms with E-state index in [1.165, 1.54) is 6.07 Å². The van der Waals surface area contributed by atoms with Crippen molar-refractivity contribution in [2.75, 3.05) is 13.6 Å². The van der Waals surface area contributed by atoms with Crippen LogP contribution >= 0.6 is 0 Å². The van der Waals surface area contributed by atoms with E-state index in [1.54, 1.807) is 30.1 Å². The first kappa shape index (κ1) is 16.8. The molecule has 0 bridgehead atoms. The van der Waals surface area contributed by atoms with Gasteiger partial charge < -0.3 is 14.5 Å². The lowest BCUT2D eigenvalue weighted by Gasteiger charge is -2.17. The van der Waals surface area contributed by atoms with Crippen LogP contribution in [0.3, 0.4) is 0 Å². The molecular weight excluding hydrogens is 316 g/mol. The smallest absolute Gasteiger partial charge is 0.257 e. The van der Waals surface area contributed by atoms with Crippen molar-refractivity contribution < 1.29 is 14.4 Å². The number of aryl methyl sites for hydroxylation is 1. The zero-order chi connectivity index (χ0) is 17.6. The summed E-state index contributed by atoms with van der Waals surface area (Å²) in [5, 5.41) is 13.9. The fourth-order valence-corrected chi connectivity index (χ4v) is 2.63. The van der Waals surface area contributed by atoms with Gasteiger partial charge in [-0.05, 0) is 18.6 Å². The first-order valence-electron chi connectivity index (χ1n) is 8.19. The van der Waals surface area contributed by atoms with Gasteiger partial charge in [-0.1, -0.05) is 47.6 Å². The maximum Gasteiger partial charge on any atom is 0.257 e. The molecule has 3 rings (SSSR count). The van der Waals surface area contributed by atoms with Gasteiger partial charge in [-0.2, -0.15) is 0 Å². The number of phenolic OH excluding ortho intramolecular Hbond substituents is 1. The van der Waals surface area contributed by atoms with Crippen LogP contribution < -0.4 is 0 Å². The van der Waals surface area contributed by atoms with Crippen LogP contribution in [-0.4, -0.2) is 34.7 Å². The fraction of sp³-hybridized carbons (Fsp3) is 0.200. The van der Waals surface area contributed by atoms with Crippen molar-refractivity contribution in [3.8, 4) is 17.0 Å². The molecule has 0 aliphatic heterocycles. The molecule has 1 amide bonds. The molecule has 0 spiro atoms. The van der Waals surface area contributed by atoms with Crippen LogP contribution in [0.2, 0.25) is 0 Å². The van der Waals surface area contributed by atoms with E-state index < -0.39 is 0 Å². The minimum atomic E-state index is -0.194. The minimum Gasteiger partial charge on any atom is -0.507 e. The predicted octanol–water partition coefficient (Wildman–Crippen LogP) is 3.75. The standard InChI is InChI=1S/C20H20N2O3/c1-22(20(24)17-11-5-6-12-19(17)23)13-7-10-16-14-18(21-25-16)15-8-3-2-4-9-15/h2-6,8-9,11-12,14,23H,7,10,13H2,1H3. The van der Waals surface area contributed by atoms with Crippen molar-refractivity contribution in [3.05, 3.63) is 72.0 Å². The molecule has 1 heterocycles. The summed E-state index contributed by atoms with van der Waals surface area (Å²) in [5.41, 5.74) is 2.15. The highest BCUT2D eigenvalue weighted by atomic mass is 16.5. The van der Waals surface area contributed by atoms with Gasteiger partial charge in [-0.25, -0.2) is 0 Å². The van der Waals surface area contributed by atoms with E-state index >= 15 is 0 Å². The lowest BCUT2D eigenvalue weighted by atomic mass is 10.1. The van der Waals surface area contributed by atoms with E-state index in [2.05, 4.69) is 5.16 Å². The molecule has 0 aliphatic rings. The van der Waals surface area contributed by atoms with E-state index in [0.717, 1.165) is 23.4 Å². The number of aromatic nitrogens is 1. The molecule has 2 aromatic carbocycles. The average molecular weight is 336 g/mol. The second-order valence-corrected chi connectivity index (χ2v) is 5.89. The molecule has 0 unspecified atom stereocenters. The minimum absolute atomic E-state index is 0.00193. The predicted molar refractivity (Wildman–Crippen MR) is 95.3 cm³/mol. The van der Waals surface area contributed by atoms with Crippen molar-refractivity contribution in [1.82, 2.24) is 10.1 Å². The number of phenols is 1. The maximum atomic E-state index is 12.3. The summed E-state index contributed by atoms with van der Waals surface area (Å²) in [6.45, 7) is 0.564. The van der Waals surface area contributed by atoms with Crippen LogP contribution in [0.15, 0.2) is 65.2 Å². The van der Waals surface area contributed by atoms with Crippen LogP contribution in [-0.2, 0) is 6.42 Å². The molecule has 0 saturated carbocycles. The third-order valence-corrected chi connectivity index (χ3v) is 4.03. The Balaban J connectivity index is 1.54. The number of carbonyl (C=O) groups excluding carboxylic acids is 1. The zero-order valence-corrected chi connectivity index (χ0v) is 14.1. The maximum absolute atomic E-state index is 12.3. The molecule has 1 N–H and O–H groups in total. The highest BCUT2D eigenvalue weighted by molar-refractivity contribution is 5.96. The summed E-state index contributed by atoms with van der Waals surface area (Å²) in [6, 6.07) is 18.4. The molecule has 0 saturated heterocycles. The van der Waals surface area contributed by atoms with E-state index in [1.807, 2.05) is 36.4 Å². The van der Waals surface area contributed by atoms with Crippen molar-refractivity contribution >= 4 is 5.91 Å². The van der Waals surface area contributed by atoms with Gasteiger partial charge >= 0.3 is 0 Å². The van der Waals surface area contributed by atoms with Gasteiger partial charge in [0.1, 0.15) is 17.2 Å². The summed E-state index contributed by atoms with van der Waals surface area (Å²) < 4.78 is 5.37. The molecule has 128 valence electrons. The first-order valence-corrected chi connectivity index (χ1v) is 8.19. The Hall–Kier alpha value is -3.08. The SMILES string of the molecule is CN(CCCc1cc(-c2ccccc2)no1)C(=O)c1ccccc1O. The molecule has 3 aromatic rings. The Morgan fingerprint density at radius 1 is 1.12 bits per heavy atom. The van der Waals surface area contributed by atoms with Crippen LogP contribution in [0, 0.1) is 0 Å². The number of amides is 1. The first-order chi connectivity index (χ1) is 12.1. The normalized spacial score (nSPS) is 10.6. The summed E-state index contributed by atoms with van der Waals surface area (Å²) >= 11 is 0. The summed E-state index contributed by atoms with van der Waals surface area (Å²) in [5.74, 6) is 0.602. The third kappa shape index (κ3) is 4.07. The number of para-hydroxylation sites is 1. The Kier molecular flexibility index (Phi) is 5.14. The fourth-order valence-electron chi connectivity index (χ4n) is 2.63. The number of hydrogen-bond acceptors (Lipinski definition) is 4. The molecule has 1 aromatic heterocycles. The van der Waals surface area contributed by atoms with E-state index in [9.17, 15) is 9.90 Å². The van der Waals surface area contributed by atoms with Crippen molar-refractivity contribution in [2.24, 2.45) is 0 Å². The van der Waals surface area contributed by atoms with Gasteiger partial charge in [0.25, 0.3) is 5.91 Å². The Morgan fingerprint density at radius 2 is 1.84 bits per heavy atom. The lowest BCUT2D eigenvalue weighted by molar-refractivity contribution is 0.0790. The molecule has 5 heteroatoms. The highest BCUT2D eigenvalue weighted by Crippen LogP contribution is 2.20. The van der Waals surface area contributed by atoms with Crippen LogP contribution in [0.1, 0.15) is 22.5 Å². The number of aromatic hydroxyl groups is 1. The van der Waals surface area contributed by atoms with Gasteiger partial charge in [0.05, 0.1) is 5.56 Å². The molecule has 0 atom stereocenters. The number of carbonyl (C=O) groups is 1. The number of rotatable bonds is 6. The Morgan fingerprint density at radius 3 is 2.60 bits per heavy atom. The van der Waals surface area contributed by atoms with Crippen molar-refractivity contribution in [2.45, 2.75) is 12.8 Å². The van der Waals surface area contributed by atoms with E-state index in [4.69, 9.17) is 4.52 Å². The summed E-state index contributed by atoms with van der Waals surface area (Å²) in [6.07, 6.45) is 1.44. The summed E-state index contributed by atoms with van der Waals surface area (Å²) in [4.78, 5) is 13.9. The van der Waals surface area contributed by atoms with Gasteiger partial charge in [0.15, 0.2) is 0 Å². The summed E-state index contributed by atoms with van der Waals surface area (Å²) in [7, 11) is 1.73. The molecule has 5 nitrogen and oxygen atoms in total. The Bertz CT molecular complexity index is 843. The van der Waals surface area contributed by atoms with Crippen LogP contribution in [0.25, 0.3) is 11.3 Å². The second-order valence-electron chi connectivity index (χ2n) is 5.89. The molecular formula is C20H20N2O3. The number of nitrogens with zero attached hydrogens (tertiary/aromatic N) is 2. The van der Waals surface area contributed by atoms with Crippen molar-refractivity contribution in [1.29, 1.82) is 0 Å². The van der Waals surface area contributed by atoms with E-state index in [0.29, 0.717) is 18.5 Å². The van der Waals surface area contributed by atoms with Crippen molar-refractivity contribution in [3.63, 3.8) is 0 Å². The largest absolute Gasteiger partial charge is 0.507 e. The van der Waals surface area contributed by atoms with E-state index in [-0.39, 0.29) is 11.7 Å². The molecule has 0 aliphatic carbocycles. The zero-order valence-electron chi connectivity index (χ0n) is 14.1. The average Bonchev–Trinajstić information content (AvgIpc) is 3.11. The van der Waals surface area contributed by atoms with Gasteiger partial charge in [-0.3, -0.25) is 4.79 Å². The molecule has 25 heavy (non-hydrogen) atoms. The molecule has 0 fully saturated rings. The Labute approximate surface area is 146 Å². The van der Waals surface area contributed by atoms with Crippen LogP contribution in [0.5, 0.6) is 5.75 Å². The monoisotopic (exact) mass is 336 g/mol. The third-order valence-electron chi connectivity index (χ3n) is 4.03. The van der Waals surface area contributed by atoms with Gasteiger partial charge in [-0.15, -0.1) is 0 Å². The second kappa shape index (κ2) is 7.66. The van der Waals surface area contributed by atoms with Gasteiger partial charge in [0.2, 0.25) is 0 Å². The number of benzene rings is 2. The quantitative estimate of drug-likeness (QED) is 0.744.